The maximum Gasteiger partial charge on any atom is 0.0434 e. The van der Waals surface area contributed by atoms with Gasteiger partial charge in [0.2, 0.25) is 0 Å². The standard InChI is InChI=1S/C8H14Cl2N2/c1-7-5-11-2-3-12(7)6-8(10)4-9/h4,7,11H,2-3,5-6H2,1H3/t7-/m1/s1. The molecule has 1 heterocycles. The fourth-order valence-corrected chi connectivity index (χ4v) is 1.57. The summed E-state index contributed by atoms with van der Waals surface area (Å²) in [7, 11) is 0. The van der Waals surface area contributed by atoms with E-state index in [1.807, 2.05) is 0 Å². The Morgan fingerprint density at radius 1 is 1.75 bits per heavy atom. The molecule has 0 radical (unpaired) electrons. The van der Waals surface area contributed by atoms with Crippen LogP contribution in [0.4, 0.5) is 0 Å². The highest BCUT2D eigenvalue weighted by Gasteiger charge is 2.17. The van der Waals surface area contributed by atoms with Crippen molar-refractivity contribution in [3.8, 4) is 0 Å². The van der Waals surface area contributed by atoms with E-state index in [1.54, 1.807) is 0 Å². The SMILES string of the molecule is C[C@@H]1CNCCN1CC(Cl)=CCl. The second kappa shape index (κ2) is 5.07. The van der Waals surface area contributed by atoms with Crippen LogP contribution in [0, 0.1) is 0 Å². The molecule has 4 heteroatoms. The molecular weight excluding hydrogens is 195 g/mol. The first-order valence-electron chi connectivity index (χ1n) is 4.13. The molecule has 1 saturated heterocycles. The van der Waals surface area contributed by atoms with Crippen molar-refractivity contribution < 1.29 is 0 Å². The molecule has 1 atom stereocenters. The average Bonchev–Trinajstić information content (AvgIpc) is 2.09. The van der Waals surface area contributed by atoms with Gasteiger partial charge in [0, 0.05) is 42.8 Å². The summed E-state index contributed by atoms with van der Waals surface area (Å²) in [5.74, 6) is 0. The summed E-state index contributed by atoms with van der Waals surface area (Å²) in [5, 5.41) is 4.03. The van der Waals surface area contributed by atoms with Crippen LogP contribution >= 0.6 is 23.2 Å². The smallest absolute Gasteiger partial charge is 0.0434 e. The van der Waals surface area contributed by atoms with Gasteiger partial charge in [-0.25, -0.2) is 0 Å². The van der Waals surface area contributed by atoms with Crippen LogP contribution in [0.2, 0.25) is 0 Å². The van der Waals surface area contributed by atoms with Crippen LogP contribution in [0.3, 0.4) is 0 Å². The molecule has 0 aliphatic carbocycles. The normalized spacial score (nSPS) is 27.6. The fourth-order valence-electron chi connectivity index (χ4n) is 1.35. The number of nitrogens with one attached hydrogen (secondary N) is 1. The Kier molecular flexibility index (Phi) is 4.36. The van der Waals surface area contributed by atoms with Crippen LogP contribution in [0.15, 0.2) is 10.6 Å². The Morgan fingerprint density at radius 2 is 2.50 bits per heavy atom. The number of hydrogen-bond acceptors (Lipinski definition) is 2. The van der Waals surface area contributed by atoms with Gasteiger partial charge in [0.15, 0.2) is 0 Å². The Labute approximate surface area is 83.5 Å². The van der Waals surface area contributed by atoms with Crippen molar-refractivity contribution in [1.82, 2.24) is 10.2 Å². The van der Waals surface area contributed by atoms with Gasteiger partial charge in [-0.1, -0.05) is 23.2 Å². The summed E-state index contributed by atoms with van der Waals surface area (Å²) >= 11 is 11.3. The third-order valence-corrected chi connectivity index (χ3v) is 2.72. The first-order chi connectivity index (χ1) is 5.74. The van der Waals surface area contributed by atoms with Gasteiger partial charge in [-0.2, -0.15) is 0 Å². The van der Waals surface area contributed by atoms with Gasteiger partial charge in [-0.3, -0.25) is 4.90 Å². The topological polar surface area (TPSA) is 15.3 Å². The predicted octanol–water partition coefficient (Wildman–Crippen LogP) is 1.60. The van der Waals surface area contributed by atoms with E-state index < -0.39 is 0 Å². The molecule has 0 unspecified atom stereocenters. The lowest BCUT2D eigenvalue weighted by molar-refractivity contribution is 0.191. The van der Waals surface area contributed by atoms with Crippen LogP contribution in [0.5, 0.6) is 0 Å². The number of hydrogen-bond donors (Lipinski definition) is 1. The quantitative estimate of drug-likeness (QED) is 0.743. The number of halogens is 2. The van der Waals surface area contributed by atoms with Crippen LogP contribution in [-0.2, 0) is 0 Å². The number of piperazine rings is 1. The molecule has 0 amide bonds. The molecule has 12 heavy (non-hydrogen) atoms. The second-order valence-corrected chi connectivity index (χ2v) is 3.78. The molecule has 0 aromatic heterocycles. The zero-order valence-electron chi connectivity index (χ0n) is 7.19. The fraction of sp³-hybridized carbons (Fsp3) is 0.750. The molecule has 0 aromatic rings. The van der Waals surface area contributed by atoms with Gasteiger partial charge in [0.1, 0.15) is 0 Å². The van der Waals surface area contributed by atoms with Crippen LogP contribution < -0.4 is 5.32 Å². The molecular formula is C8H14Cl2N2. The predicted molar refractivity (Wildman–Crippen MR) is 53.7 cm³/mol. The van der Waals surface area contributed by atoms with Gasteiger partial charge in [-0.15, -0.1) is 0 Å². The van der Waals surface area contributed by atoms with E-state index >= 15 is 0 Å². The Hall–Kier alpha value is 0.240. The second-order valence-electron chi connectivity index (χ2n) is 3.08. The molecule has 0 aromatic carbocycles. The molecule has 0 spiro atoms. The zero-order chi connectivity index (χ0) is 8.97. The summed E-state index contributed by atoms with van der Waals surface area (Å²) in [6, 6.07) is 0.545. The minimum atomic E-state index is 0.545. The monoisotopic (exact) mass is 208 g/mol. The Morgan fingerprint density at radius 3 is 3.08 bits per heavy atom. The molecule has 0 bridgehead atoms. The van der Waals surface area contributed by atoms with Crippen molar-refractivity contribution >= 4 is 23.2 Å². The van der Waals surface area contributed by atoms with Gasteiger partial charge in [0.25, 0.3) is 0 Å². The molecule has 2 nitrogen and oxygen atoms in total. The van der Waals surface area contributed by atoms with Crippen LogP contribution in [0.25, 0.3) is 0 Å². The minimum absolute atomic E-state index is 0.545. The number of nitrogens with zero attached hydrogens (tertiary/aromatic N) is 1. The maximum atomic E-state index is 5.83. The van der Waals surface area contributed by atoms with E-state index in [-0.39, 0.29) is 0 Å². The highest BCUT2D eigenvalue weighted by Crippen LogP contribution is 2.10. The van der Waals surface area contributed by atoms with Gasteiger partial charge in [-0.05, 0) is 6.92 Å². The summed E-state index contributed by atoms with van der Waals surface area (Å²) in [4.78, 5) is 2.32. The Balaban J connectivity index is 2.39. The van der Waals surface area contributed by atoms with Crippen molar-refractivity contribution in [3.63, 3.8) is 0 Å². The van der Waals surface area contributed by atoms with Crippen molar-refractivity contribution in [2.24, 2.45) is 0 Å². The van der Waals surface area contributed by atoms with Crippen molar-refractivity contribution in [2.45, 2.75) is 13.0 Å². The van der Waals surface area contributed by atoms with E-state index in [0.29, 0.717) is 11.1 Å². The molecule has 0 saturated carbocycles. The summed E-state index contributed by atoms with van der Waals surface area (Å²) in [6.07, 6.45) is 0. The highest BCUT2D eigenvalue weighted by atomic mass is 35.5. The van der Waals surface area contributed by atoms with Gasteiger partial charge < -0.3 is 5.32 Å². The van der Waals surface area contributed by atoms with E-state index in [9.17, 15) is 0 Å². The van der Waals surface area contributed by atoms with E-state index in [0.717, 1.165) is 26.2 Å². The zero-order valence-corrected chi connectivity index (χ0v) is 8.70. The first-order valence-corrected chi connectivity index (χ1v) is 4.95. The van der Waals surface area contributed by atoms with Gasteiger partial charge in [0.05, 0.1) is 0 Å². The third kappa shape index (κ3) is 2.94. The van der Waals surface area contributed by atoms with E-state index in [2.05, 4.69) is 17.1 Å². The summed E-state index contributed by atoms with van der Waals surface area (Å²) in [6.45, 7) is 6.07. The lowest BCUT2D eigenvalue weighted by Gasteiger charge is -2.33. The van der Waals surface area contributed by atoms with Gasteiger partial charge >= 0.3 is 0 Å². The molecule has 1 aliphatic heterocycles. The summed E-state index contributed by atoms with van der Waals surface area (Å²) in [5.41, 5.74) is 1.44. The van der Waals surface area contributed by atoms with Crippen LogP contribution in [-0.4, -0.2) is 37.1 Å². The molecule has 1 fully saturated rings. The van der Waals surface area contributed by atoms with Crippen molar-refractivity contribution in [2.75, 3.05) is 26.2 Å². The van der Waals surface area contributed by atoms with Crippen LogP contribution in [0.1, 0.15) is 6.92 Å². The largest absolute Gasteiger partial charge is 0.314 e. The number of rotatable bonds is 2. The molecule has 1 N–H and O–H groups in total. The first kappa shape index (κ1) is 10.3. The van der Waals surface area contributed by atoms with E-state index in [1.165, 1.54) is 5.54 Å². The molecule has 1 rings (SSSR count). The molecule has 70 valence electrons. The average molecular weight is 209 g/mol. The lowest BCUT2D eigenvalue weighted by Crippen LogP contribution is -2.49. The molecule has 1 aliphatic rings. The van der Waals surface area contributed by atoms with Crippen molar-refractivity contribution in [3.05, 3.63) is 10.6 Å². The lowest BCUT2D eigenvalue weighted by atomic mass is 10.2. The van der Waals surface area contributed by atoms with Crippen molar-refractivity contribution in [1.29, 1.82) is 0 Å². The minimum Gasteiger partial charge on any atom is -0.314 e. The third-order valence-electron chi connectivity index (χ3n) is 2.11. The Bertz CT molecular complexity index is 170. The van der Waals surface area contributed by atoms with E-state index in [4.69, 9.17) is 23.2 Å². The highest BCUT2D eigenvalue weighted by molar-refractivity contribution is 6.36. The summed E-state index contributed by atoms with van der Waals surface area (Å²) < 4.78 is 0. The maximum absolute atomic E-state index is 5.83.